The van der Waals surface area contributed by atoms with Gasteiger partial charge in [0.25, 0.3) is 5.82 Å². The molecule has 118 valence electrons. The topological polar surface area (TPSA) is 88.6 Å². The molecule has 1 saturated heterocycles. The Morgan fingerprint density at radius 2 is 2.23 bits per heavy atom. The Morgan fingerprint density at radius 1 is 1.36 bits per heavy atom. The van der Waals surface area contributed by atoms with Crippen molar-refractivity contribution in [1.82, 2.24) is 25.1 Å². The molecule has 2 N–H and O–H groups in total. The molecule has 1 unspecified atom stereocenters. The Kier molecular flexibility index (Phi) is 3.92. The maximum atomic E-state index is 12.4. The first kappa shape index (κ1) is 14.7. The van der Waals surface area contributed by atoms with Crippen LogP contribution in [0.2, 0.25) is 0 Å². The molecule has 0 radical (unpaired) electrons. The van der Waals surface area contributed by atoms with Gasteiger partial charge in [0.05, 0.1) is 18.8 Å². The van der Waals surface area contributed by atoms with Gasteiger partial charge in [0.15, 0.2) is 0 Å². The molecule has 0 bridgehead atoms. The summed E-state index contributed by atoms with van der Waals surface area (Å²) in [5, 5.41) is 8.27. The van der Waals surface area contributed by atoms with E-state index in [1.54, 1.807) is 6.07 Å². The van der Waals surface area contributed by atoms with Gasteiger partial charge in [-0.1, -0.05) is 0 Å². The number of aromatic amines is 1. The number of ether oxygens (including phenoxy) is 1. The lowest BCUT2D eigenvalue weighted by Gasteiger charge is -2.09. The Balaban J connectivity index is 1.64. The quantitative estimate of drug-likeness (QED) is 0.893. The fraction of sp³-hybridized carbons (Fsp3) is 0.500. The van der Waals surface area contributed by atoms with Crippen LogP contribution in [0.15, 0.2) is 12.4 Å². The van der Waals surface area contributed by atoms with Crippen LogP contribution in [0.1, 0.15) is 29.7 Å². The van der Waals surface area contributed by atoms with E-state index < -0.39 is 12.0 Å². The summed E-state index contributed by atoms with van der Waals surface area (Å²) >= 11 is 0. The standard InChI is InChI=1S/C12H13F3N6O/c13-12(14,15)11-19-10(20-21-11)4-16-9-3-8(17-6-18-9)7-1-2-22-5-7/h3,6-7H,1-2,4-5H2,(H,16,17,18)(H,19,20,21). The van der Waals surface area contributed by atoms with Crippen LogP contribution >= 0.6 is 0 Å². The summed E-state index contributed by atoms with van der Waals surface area (Å²) in [7, 11) is 0. The molecule has 1 aliphatic rings. The highest BCUT2D eigenvalue weighted by Gasteiger charge is 2.35. The Bertz CT molecular complexity index is 638. The fourth-order valence-corrected chi connectivity index (χ4v) is 2.14. The van der Waals surface area contributed by atoms with Crippen molar-refractivity contribution >= 4 is 5.82 Å². The SMILES string of the molecule is FC(F)(F)c1n[nH]c(CNc2cc(C3CCOC3)ncn2)n1. The second kappa shape index (κ2) is 5.87. The molecule has 7 nitrogen and oxygen atoms in total. The van der Waals surface area contributed by atoms with E-state index in [0.29, 0.717) is 19.0 Å². The van der Waals surface area contributed by atoms with Crippen molar-refractivity contribution in [2.75, 3.05) is 18.5 Å². The van der Waals surface area contributed by atoms with Crippen LogP contribution in [0, 0.1) is 0 Å². The summed E-state index contributed by atoms with van der Waals surface area (Å²) < 4.78 is 42.5. The molecule has 2 aromatic rings. The first-order chi connectivity index (χ1) is 10.5. The lowest BCUT2D eigenvalue weighted by atomic mass is 10.1. The number of nitrogens with one attached hydrogen (secondary N) is 2. The van der Waals surface area contributed by atoms with Gasteiger partial charge in [-0.25, -0.2) is 15.0 Å². The van der Waals surface area contributed by atoms with Crippen LogP contribution in [0.5, 0.6) is 0 Å². The highest BCUT2D eigenvalue weighted by atomic mass is 19.4. The molecule has 1 aliphatic heterocycles. The molecule has 1 fully saturated rings. The number of halogens is 3. The third-order valence-electron chi connectivity index (χ3n) is 3.26. The molecule has 0 saturated carbocycles. The maximum absolute atomic E-state index is 12.4. The van der Waals surface area contributed by atoms with Crippen molar-refractivity contribution < 1.29 is 17.9 Å². The molecule has 3 heterocycles. The first-order valence-corrected chi connectivity index (χ1v) is 6.64. The van der Waals surface area contributed by atoms with E-state index in [0.717, 1.165) is 12.1 Å². The van der Waals surface area contributed by atoms with E-state index in [-0.39, 0.29) is 18.3 Å². The first-order valence-electron chi connectivity index (χ1n) is 6.64. The van der Waals surface area contributed by atoms with Gasteiger partial charge < -0.3 is 10.1 Å². The van der Waals surface area contributed by atoms with E-state index in [2.05, 4.69) is 30.5 Å². The third-order valence-corrected chi connectivity index (χ3v) is 3.26. The van der Waals surface area contributed by atoms with Gasteiger partial charge in [-0.05, 0) is 6.42 Å². The highest BCUT2D eigenvalue weighted by Crippen LogP contribution is 2.26. The largest absolute Gasteiger partial charge is 0.453 e. The number of hydrogen-bond donors (Lipinski definition) is 2. The number of hydrogen-bond acceptors (Lipinski definition) is 6. The van der Waals surface area contributed by atoms with Crippen molar-refractivity contribution in [3.05, 3.63) is 29.7 Å². The predicted octanol–water partition coefficient (Wildman–Crippen LogP) is 1.73. The summed E-state index contributed by atoms with van der Waals surface area (Å²) in [5.41, 5.74) is 0.851. The summed E-state index contributed by atoms with van der Waals surface area (Å²) in [6.07, 6.45) is -2.25. The van der Waals surface area contributed by atoms with Crippen LogP contribution in [-0.2, 0) is 17.5 Å². The second-order valence-electron chi connectivity index (χ2n) is 4.85. The van der Waals surface area contributed by atoms with Gasteiger partial charge in [0.1, 0.15) is 18.0 Å². The number of anilines is 1. The van der Waals surface area contributed by atoms with Gasteiger partial charge >= 0.3 is 6.18 Å². The van der Waals surface area contributed by atoms with Crippen LogP contribution < -0.4 is 5.32 Å². The van der Waals surface area contributed by atoms with Gasteiger partial charge in [-0.3, -0.25) is 5.10 Å². The van der Waals surface area contributed by atoms with Crippen LogP contribution in [0.4, 0.5) is 19.0 Å². The van der Waals surface area contributed by atoms with Crippen molar-refractivity contribution in [3.63, 3.8) is 0 Å². The number of alkyl halides is 3. The summed E-state index contributed by atoms with van der Waals surface area (Å²) in [6.45, 7) is 1.38. The normalized spacial score (nSPS) is 18.6. The molecule has 10 heteroatoms. The fourth-order valence-electron chi connectivity index (χ4n) is 2.14. The molecular formula is C12H13F3N6O. The predicted molar refractivity (Wildman–Crippen MR) is 68.9 cm³/mol. The monoisotopic (exact) mass is 314 g/mol. The molecule has 3 rings (SSSR count). The van der Waals surface area contributed by atoms with E-state index in [4.69, 9.17) is 4.74 Å². The molecule has 0 aromatic carbocycles. The van der Waals surface area contributed by atoms with Gasteiger partial charge in [0.2, 0.25) is 0 Å². The van der Waals surface area contributed by atoms with E-state index >= 15 is 0 Å². The molecule has 0 aliphatic carbocycles. The molecule has 0 spiro atoms. The molecule has 0 amide bonds. The van der Waals surface area contributed by atoms with Crippen LogP contribution in [0.3, 0.4) is 0 Å². The lowest BCUT2D eigenvalue weighted by Crippen LogP contribution is -2.08. The Labute approximate surface area is 123 Å². The second-order valence-corrected chi connectivity index (χ2v) is 4.85. The van der Waals surface area contributed by atoms with Crippen molar-refractivity contribution in [3.8, 4) is 0 Å². The third kappa shape index (κ3) is 3.32. The van der Waals surface area contributed by atoms with Crippen molar-refractivity contribution in [2.45, 2.75) is 25.1 Å². The van der Waals surface area contributed by atoms with Crippen molar-refractivity contribution in [2.24, 2.45) is 0 Å². The van der Waals surface area contributed by atoms with Crippen LogP contribution in [-0.4, -0.2) is 38.4 Å². The minimum Gasteiger partial charge on any atom is -0.381 e. The maximum Gasteiger partial charge on any atom is 0.453 e. The number of rotatable bonds is 4. The number of aromatic nitrogens is 5. The summed E-state index contributed by atoms with van der Waals surface area (Å²) in [6, 6.07) is 1.76. The molecule has 2 aromatic heterocycles. The van der Waals surface area contributed by atoms with Gasteiger partial charge in [0, 0.05) is 18.6 Å². The zero-order valence-electron chi connectivity index (χ0n) is 11.4. The van der Waals surface area contributed by atoms with Crippen LogP contribution in [0.25, 0.3) is 0 Å². The number of nitrogens with zero attached hydrogens (tertiary/aromatic N) is 4. The van der Waals surface area contributed by atoms with E-state index in [9.17, 15) is 13.2 Å². The van der Waals surface area contributed by atoms with Gasteiger partial charge in [-0.15, -0.1) is 5.10 Å². The molecule has 22 heavy (non-hydrogen) atoms. The Morgan fingerprint density at radius 3 is 2.91 bits per heavy atom. The zero-order chi connectivity index (χ0) is 15.6. The van der Waals surface area contributed by atoms with E-state index in [1.807, 2.05) is 0 Å². The minimum atomic E-state index is -4.56. The zero-order valence-corrected chi connectivity index (χ0v) is 11.4. The Hall–Kier alpha value is -2.23. The van der Waals surface area contributed by atoms with E-state index in [1.165, 1.54) is 6.33 Å². The average molecular weight is 314 g/mol. The average Bonchev–Trinajstić information content (AvgIpc) is 3.16. The highest BCUT2D eigenvalue weighted by molar-refractivity contribution is 5.36. The minimum absolute atomic E-state index is 0.0562. The molecular weight excluding hydrogens is 301 g/mol. The summed E-state index contributed by atoms with van der Waals surface area (Å²) in [5.74, 6) is -0.361. The van der Waals surface area contributed by atoms with Crippen molar-refractivity contribution in [1.29, 1.82) is 0 Å². The number of H-pyrrole nitrogens is 1. The summed E-state index contributed by atoms with van der Waals surface area (Å²) in [4.78, 5) is 11.6. The molecule has 1 atom stereocenters. The smallest absolute Gasteiger partial charge is 0.381 e. The lowest BCUT2D eigenvalue weighted by molar-refractivity contribution is -0.144. The van der Waals surface area contributed by atoms with Gasteiger partial charge in [-0.2, -0.15) is 13.2 Å².